The zero-order valence-electron chi connectivity index (χ0n) is 11.1. The topological polar surface area (TPSA) is 70.4 Å². The Bertz CT molecular complexity index is 821. The number of ether oxygens (including phenoxy) is 1. The number of rotatable bonds is 4. The van der Waals surface area contributed by atoms with Crippen molar-refractivity contribution in [3.63, 3.8) is 0 Å². The number of aromatic nitrogens is 1. The van der Waals surface area contributed by atoms with E-state index in [-0.39, 0.29) is 0 Å². The number of benzene rings is 2. The van der Waals surface area contributed by atoms with Crippen LogP contribution in [0.1, 0.15) is 0 Å². The van der Waals surface area contributed by atoms with E-state index in [1.165, 1.54) is 4.57 Å². The van der Waals surface area contributed by atoms with Gasteiger partial charge < -0.3 is 14.9 Å². The van der Waals surface area contributed by atoms with Crippen LogP contribution >= 0.6 is 15.9 Å². The van der Waals surface area contributed by atoms with E-state index in [4.69, 9.17) is 14.9 Å². The fourth-order valence-corrected chi connectivity index (χ4v) is 2.34. The van der Waals surface area contributed by atoms with E-state index in [1.807, 2.05) is 24.3 Å². The van der Waals surface area contributed by atoms with E-state index in [9.17, 15) is 4.79 Å². The first-order valence-corrected chi connectivity index (χ1v) is 7.20. The van der Waals surface area contributed by atoms with Crippen LogP contribution in [0.3, 0.4) is 0 Å². The molecule has 0 aliphatic carbocycles. The van der Waals surface area contributed by atoms with Crippen molar-refractivity contribution >= 4 is 32.7 Å². The van der Waals surface area contributed by atoms with Crippen molar-refractivity contribution in [3.8, 4) is 5.75 Å². The number of oxazole rings is 1. The lowest BCUT2D eigenvalue weighted by molar-refractivity contribution is 0.294. The van der Waals surface area contributed by atoms with Crippen LogP contribution in [-0.2, 0) is 6.54 Å². The van der Waals surface area contributed by atoms with E-state index in [2.05, 4.69) is 15.9 Å². The molecule has 0 saturated heterocycles. The number of fused-ring (bicyclic) bond motifs is 1. The highest BCUT2D eigenvalue weighted by Gasteiger charge is 2.09. The lowest BCUT2D eigenvalue weighted by atomic mass is 10.3. The van der Waals surface area contributed by atoms with Crippen molar-refractivity contribution in [3.05, 3.63) is 57.5 Å². The van der Waals surface area contributed by atoms with Gasteiger partial charge in [0.25, 0.3) is 0 Å². The zero-order chi connectivity index (χ0) is 14.8. The van der Waals surface area contributed by atoms with Crippen LogP contribution in [-0.4, -0.2) is 11.2 Å². The lowest BCUT2D eigenvalue weighted by Crippen LogP contribution is -2.18. The minimum Gasteiger partial charge on any atom is -0.492 e. The summed E-state index contributed by atoms with van der Waals surface area (Å²) in [5.74, 6) is 0.341. The van der Waals surface area contributed by atoms with E-state index >= 15 is 0 Å². The van der Waals surface area contributed by atoms with Crippen molar-refractivity contribution in [2.45, 2.75) is 6.54 Å². The minimum atomic E-state index is -0.407. The third-order valence-electron chi connectivity index (χ3n) is 3.09. The smallest absolute Gasteiger partial charge is 0.420 e. The Kier molecular flexibility index (Phi) is 3.70. The molecule has 3 aromatic rings. The molecule has 0 bridgehead atoms. The van der Waals surface area contributed by atoms with E-state index in [0.717, 1.165) is 10.2 Å². The molecule has 0 spiro atoms. The van der Waals surface area contributed by atoms with Crippen LogP contribution in [0.25, 0.3) is 11.1 Å². The first-order valence-electron chi connectivity index (χ1n) is 6.41. The van der Waals surface area contributed by atoms with Crippen molar-refractivity contribution in [1.29, 1.82) is 0 Å². The molecule has 2 aromatic carbocycles. The largest absolute Gasteiger partial charge is 0.492 e. The number of nitrogens with zero attached hydrogens (tertiary/aromatic N) is 1. The second-order valence-corrected chi connectivity index (χ2v) is 5.46. The van der Waals surface area contributed by atoms with E-state index in [0.29, 0.717) is 29.9 Å². The predicted octanol–water partition coefficient (Wildman–Crippen LogP) is 3.02. The Balaban J connectivity index is 1.76. The molecule has 21 heavy (non-hydrogen) atoms. The summed E-state index contributed by atoms with van der Waals surface area (Å²) in [6, 6.07) is 12.6. The van der Waals surface area contributed by atoms with Crippen LogP contribution in [0.2, 0.25) is 0 Å². The summed E-state index contributed by atoms with van der Waals surface area (Å²) < 4.78 is 13.3. The van der Waals surface area contributed by atoms with Gasteiger partial charge in [0, 0.05) is 10.2 Å². The summed E-state index contributed by atoms with van der Waals surface area (Å²) in [5.41, 5.74) is 7.54. The van der Waals surface area contributed by atoms with Gasteiger partial charge >= 0.3 is 5.76 Å². The maximum atomic E-state index is 11.8. The fraction of sp³-hybridized carbons (Fsp3) is 0.133. The SMILES string of the molecule is Nc1ccc2oc(=O)n(CCOc3ccc(Br)cc3)c2c1. The molecule has 0 aliphatic heterocycles. The number of anilines is 1. The highest BCUT2D eigenvalue weighted by Crippen LogP contribution is 2.18. The van der Waals surface area contributed by atoms with E-state index in [1.54, 1.807) is 18.2 Å². The van der Waals surface area contributed by atoms with Gasteiger partial charge in [-0.05, 0) is 42.5 Å². The van der Waals surface area contributed by atoms with Gasteiger partial charge in [0.2, 0.25) is 0 Å². The molecule has 2 N–H and O–H groups in total. The van der Waals surface area contributed by atoms with Crippen LogP contribution in [0.5, 0.6) is 5.75 Å². The Morgan fingerprint density at radius 3 is 2.71 bits per heavy atom. The van der Waals surface area contributed by atoms with Gasteiger partial charge in [-0.2, -0.15) is 0 Å². The first kappa shape index (κ1) is 13.8. The molecule has 1 aromatic heterocycles. The van der Waals surface area contributed by atoms with Crippen LogP contribution in [0.15, 0.2) is 56.1 Å². The molecular weight excluding hydrogens is 336 g/mol. The highest BCUT2D eigenvalue weighted by molar-refractivity contribution is 9.10. The maximum Gasteiger partial charge on any atom is 0.420 e. The van der Waals surface area contributed by atoms with E-state index < -0.39 is 5.76 Å². The van der Waals surface area contributed by atoms with Gasteiger partial charge in [-0.3, -0.25) is 4.57 Å². The highest BCUT2D eigenvalue weighted by atomic mass is 79.9. The lowest BCUT2D eigenvalue weighted by Gasteiger charge is -2.06. The van der Waals surface area contributed by atoms with Crippen molar-refractivity contribution in [2.24, 2.45) is 0 Å². The molecule has 0 fully saturated rings. The molecule has 1 heterocycles. The first-order chi connectivity index (χ1) is 10.1. The van der Waals surface area contributed by atoms with Crippen molar-refractivity contribution in [1.82, 2.24) is 4.57 Å². The Morgan fingerprint density at radius 2 is 1.95 bits per heavy atom. The average Bonchev–Trinajstić information content (AvgIpc) is 2.77. The van der Waals surface area contributed by atoms with Crippen LogP contribution in [0.4, 0.5) is 5.69 Å². The van der Waals surface area contributed by atoms with Crippen LogP contribution in [0, 0.1) is 0 Å². The summed E-state index contributed by atoms with van der Waals surface area (Å²) >= 11 is 3.36. The summed E-state index contributed by atoms with van der Waals surface area (Å²) in [5, 5.41) is 0. The van der Waals surface area contributed by atoms with Gasteiger partial charge in [0.1, 0.15) is 12.4 Å². The minimum absolute atomic E-state index is 0.366. The number of hydrogen-bond donors (Lipinski definition) is 1. The monoisotopic (exact) mass is 348 g/mol. The van der Waals surface area contributed by atoms with Gasteiger partial charge in [-0.25, -0.2) is 4.79 Å². The Labute approximate surface area is 129 Å². The van der Waals surface area contributed by atoms with Crippen LogP contribution < -0.4 is 16.2 Å². The third kappa shape index (κ3) is 2.95. The molecule has 0 saturated carbocycles. The quantitative estimate of drug-likeness (QED) is 0.735. The van der Waals surface area contributed by atoms with Gasteiger partial charge in [0.15, 0.2) is 5.58 Å². The summed E-state index contributed by atoms with van der Waals surface area (Å²) in [6.45, 7) is 0.760. The number of halogens is 1. The third-order valence-corrected chi connectivity index (χ3v) is 3.62. The van der Waals surface area contributed by atoms with Crippen molar-refractivity contribution in [2.75, 3.05) is 12.3 Å². The summed E-state index contributed by atoms with van der Waals surface area (Å²) in [4.78, 5) is 11.8. The Morgan fingerprint density at radius 1 is 1.19 bits per heavy atom. The molecule has 0 atom stereocenters. The summed E-state index contributed by atoms with van der Waals surface area (Å²) in [6.07, 6.45) is 0. The normalized spacial score (nSPS) is 10.9. The van der Waals surface area contributed by atoms with Crippen molar-refractivity contribution < 1.29 is 9.15 Å². The van der Waals surface area contributed by atoms with Gasteiger partial charge in [-0.15, -0.1) is 0 Å². The Hall–Kier alpha value is -2.21. The standard InChI is InChI=1S/C15H13BrN2O3/c16-10-1-4-12(5-2-10)20-8-7-18-13-9-11(17)3-6-14(13)21-15(18)19/h1-6,9H,7-8,17H2. The molecule has 0 amide bonds. The molecule has 6 heteroatoms. The second-order valence-electron chi connectivity index (χ2n) is 4.55. The number of hydrogen-bond acceptors (Lipinski definition) is 4. The maximum absolute atomic E-state index is 11.8. The molecule has 5 nitrogen and oxygen atoms in total. The molecule has 3 rings (SSSR count). The number of nitrogen functional groups attached to an aromatic ring is 1. The fourth-order valence-electron chi connectivity index (χ4n) is 2.08. The van der Waals surface area contributed by atoms with Gasteiger partial charge in [-0.1, -0.05) is 15.9 Å². The molecule has 0 unspecified atom stereocenters. The van der Waals surface area contributed by atoms with Gasteiger partial charge in [0.05, 0.1) is 12.1 Å². The molecule has 108 valence electrons. The number of nitrogens with two attached hydrogens (primary N) is 1. The molecular formula is C15H13BrN2O3. The summed E-state index contributed by atoms with van der Waals surface area (Å²) in [7, 11) is 0. The average molecular weight is 349 g/mol. The molecule has 0 radical (unpaired) electrons. The zero-order valence-corrected chi connectivity index (χ0v) is 12.7. The predicted molar refractivity (Wildman–Crippen MR) is 84.5 cm³/mol. The second kappa shape index (κ2) is 5.65. The molecule has 0 aliphatic rings.